The van der Waals surface area contributed by atoms with Crippen molar-refractivity contribution in [3.8, 4) is 0 Å². The third kappa shape index (κ3) is 0.789. The molecule has 1 fully saturated rings. The number of hydrogen-bond donors (Lipinski definition) is 1. The highest BCUT2D eigenvalue weighted by atomic mass is 16.4. The van der Waals surface area contributed by atoms with E-state index >= 15 is 0 Å². The molecule has 0 aromatic carbocycles. The maximum absolute atomic E-state index is 10.8. The number of carboxylic acids is 1. The van der Waals surface area contributed by atoms with Gasteiger partial charge in [-0.3, -0.25) is 9.79 Å². The van der Waals surface area contributed by atoms with Gasteiger partial charge < -0.3 is 5.11 Å². The maximum Gasteiger partial charge on any atom is 0.311 e. The normalized spacial score (nSPS) is 38.9. The van der Waals surface area contributed by atoms with Crippen molar-refractivity contribution < 1.29 is 9.90 Å². The molecule has 13 heavy (non-hydrogen) atoms. The van der Waals surface area contributed by atoms with Gasteiger partial charge in [0.05, 0.1) is 5.92 Å². The van der Waals surface area contributed by atoms with Crippen molar-refractivity contribution in [2.45, 2.75) is 0 Å². The molecule has 0 bridgehead atoms. The molecule has 0 aromatic rings. The second-order valence-corrected chi connectivity index (χ2v) is 3.77. The molecule has 0 radical (unpaired) electrons. The SMILES string of the molecule is O=C(O)C1C2=CC3=CC=NCC3C21. The van der Waals surface area contributed by atoms with Gasteiger partial charge in [0.15, 0.2) is 0 Å². The van der Waals surface area contributed by atoms with Crippen molar-refractivity contribution in [2.24, 2.45) is 22.7 Å². The van der Waals surface area contributed by atoms with E-state index in [-0.39, 0.29) is 11.8 Å². The second kappa shape index (κ2) is 2.10. The Kier molecular flexibility index (Phi) is 1.14. The number of nitrogens with zero attached hydrogens (tertiary/aromatic N) is 1. The number of rotatable bonds is 1. The highest BCUT2D eigenvalue weighted by Gasteiger charge is 2.57. The number of dihydropyridines is 1. The number of carbonyl (C=O) groups is 1. The lowest BCUT2D eigenvalue weighted by Gasteiger charge is -2.15. The van der Waals surface area contributed by atoms with Crippen LogP contribution in [-0.2, 0) is 4.79 Å². The van der Waals surface area contributed by atoms with Gasteiger partial charge in [0, 0.05) is 24.6 Å². The highest BCUT2D eigenvalue weighted by molar-refractivity contribution is 5.84. The molecule has 3 nitrogen and oxygen atoms in total. The largest absolute Gasteiger partial charge is 0.481 e. The minimum atomic E-state index is -0.676. The lowest BCUT2D eigenvalue weighted by atomic mass is 9.94. The maximum atomic E-state index is 10.8. The third-order valence-electron chi connectivity index (χ3n) is 3.13. The molecule has 2 aliphatic carbocycles. The zero-order chi connectivity index (χ0) is 9.00. The number of allylic oxidation sites excluding steroid dienone is 2. The van der Waals surface area contributed by atoms with Gasteiger partial charge in [-0.1, -0.05) is 11.6 Å². The van der Waals surface area contributed by atoms with Crippen LogP contribution in [0.25, 0.3) is 0 Å². The smallest absolute Gasteiger partial charge is 0.311 e. The molecule has 0 saturated heterocycles. The van der Waals surface area contributed by atoms with Crippen molar-refractivity contribution in [3.05, 3.63) is 23.3 Å². The summed E-state index contributed by atoms with van der Waals surface area (Å²) in [5, 5.41) is 8.85. The van der Waals surface area contributed by atoms with Gasteiger partial charge in [-0.05, 0) is 11.6 Å². The van der Waals surface area contributed by atoms with Crippen molar-refractivity contribution >= 4 is 12.2 Å². The van der Waals surface area contributed by atoms with Gasteiger partial charge >= 0.3 is 5.97 Å². The molecule has 1 aliphatic heterocycles. The first kappa shape index (κ1) is 7.06. The summed E-state index contributed by atoms with van der Waals surface area (Å²) in [4.78, 5) is 14.9. The van der Waals surface area contributed by atoms with Gasteiger partial charge in [0.25, 0.3) is 0 Å². The molecular formula is C10H9NO2. The summed E-state index contributed by atoms with van der Waals surface area (Å²) in [5.74, 6) is -0.248. The number of fused-ring (bicyclic) bond motifs is 3. The molecule has 3 atom stereocenters. The Hall–Kier alpha value is -1.38. The topological polar surface area (TPSA) is 49.7 Å². The average Bonchev–Trinajstić information content (AvgIpc) is 2.71. The van der Waals surface area contributed by atoms with E-state index in [0.29, 0.717) is 5.92 Å². The van der Waals surface area contributed by atoms with Crippen LogP contribution in [0.3, 0.4) is 0 Å². The lowest BCUT2D eigenvalue weighted by Crippen LogP contribution is -2.15. The Morgan fingerprint density at radius 3 is 3.23 bits per heavy atom. The predicted octanol–water partition coefficient (Wildman–Crippen LogP) is 0.884. The van der Waals surface area contributed by atoms with Gasteiger partial charge in [-0.2, -0.15) is 0 Å². The zero-order valence-corrected chi connectivity index (χ0v) is 6.97. The first-order valence-corrected chi connectivity index (χ1v) is 4.43. The Balaban J connectivity index is 1.95. The summed E-state index contributed by atoms with van der Waals surface area (Å²) in [5.41, 5.74) is 2.38. The summed E-state index contributed by atoms with van der Waals surface area (Å²) in [6.07, 6.45) is 5.84. The Labute approximate surface area is 75.5 Å². The molecule has 3 heteroatoms. The Morgan fingerprint density at radius 1 is 1.62 bits per heavy atom. The van der Waals surface area contributed by atoms with E-state index in [9.17, 15) is 4.79 Å². The van der Waals surface area contributed by atoms with E-state index in [4.69, 9.17) is 5.11 Å². The molecule has 0 spiro atoms. The number of carboxylic acid groups (broad SMARTS) is 1. The molecule has 1 heterocycles. The van der Waals surface area contributed by atoms with Crippen LogP contribution >= 0.6 is 0 Å². The number of aliphatic imine (C=N–C) groups is 1. The first-order valence-electron chi connectivity index (χ1n) is 4.43. The summed E-state index contributed by atoms with van der Waals surface area (Å²) in [6, 6.07) is 0. The molecule has 0 amide bonds. The van der Waals surface area contributed by atoms with Crippen LogP contribution in [0.1, 0.15) is 0 Å². The molecule has 0 aromatic heterocycles. The lowest BCUT2D eigenvalue weighted by molar-refractivity contribution is -0.138. The molecule has 3 unspecified atom stereocenters. The minimum Gasteiger partial charge on any atom is -0.481 e. The average molecular weight is 175 g/mol. The van der Waals surface area contributed by atoms with E-state index in [0.717, 1.165) is 12.1 Å². The van der Waals surface area contributed by atoms with E-state index in [2.05, 4.69) is 4.99 Å². The number of aliphatic carboxylic acids is 1. The van der Waals surface area contributed by atoms with Crippen LogP contribution in [0.2, 0.25) is 0 Å². The van der Waals surface area contributed by atoms with E-state index < -0.39 is 5.97 Å². The fraction of sp³-hybridized carbons (Fsp3) is 0.400. The van der Waals surface area contributed by atoms with Crippen LogP contribution in [0.4, 0.5) is 0 Å². The van der Waals surface area contributed by atoms with Crippen LogP contribution in [-0.4, -0.2) is 23.8 Å². The Bertz CT molecular complexity index is 378. The fourth-order valence-electron chi connectivity index (χ4n) is 2.46. The minimum absolute atomic E-state index is 0.199. The predicted molar refractivity (Wildman–Crippen MR) is 47.6 cm³/mol. The summed E-state index contributed by atoms with van der Waals surface area (Å²) in [7, 11) is 0. The van der Waals surface area contributed by atoms with Crippen molar-refractivity contribution in [1.82, 2.24) is 0 Å². The molecule has 1 saturated carbocycles. The quantitative estimate of drug-likeness (QED) is 0.643. The van der Waals surface area contributed by atoms with Crippen molar-refractivity contribution in [2.75, 3.05) is 6.54 Å². The summed E-state index contributed by atoms with van der Waals surface area (Å²) < 4.78 is 0. The first-order chi connectivity index (χ1) is 6.29. The molecule has 66 valence electrons. The van der Waals surface area contributed by atoms with Crippen LogP contribution in [0.5, 0.6) is 0 Å². The van der Waals surface area contributed by atoms with Crippen LogP contribution < -0.4 is 0 Å². The fourth-order valence-corrected chi connectivity index (χ4v) is 2.46. The number of hydrogen-bond acceptors (Lipinski definition) is 2. The van der Waals surface area contributed by atoms with E-state index in [1.807, 2.05) is 18.4 Å². The summed E-state index contributed by atoms with van der Waals surface area (Å²) in [6.45, 7) is 0.764. The summed E-state index contributed by atoms with van der Waals surface area (Å²) >= 11 is 0. The molecule has 3 aliphatic rings. The van der Waals surface area contributed by atoms with Crippen molar-refractivity contribution in [3.63, 3.8) is 0 Å². The van der Waals surface area contributed by atoms with Crippen LogP contribution in [0, 0.1) is 17.8 Å². The molecular weight excluding hydrogens is 166 g/mol. The highest BCUT2D eigenvalue weighted by Crippen LogP contribution is 2.58. The third-order valence-corrected chi connectivity index (χ3v) is 3.13. The van der Waals surface area contributed by atoms with Gasteiger partial charge in [-0.15, -0.1) is 0 Å². The zero-order valence-electron chi connectivity index (χ0n) is 6.97. The molecule has 1 N–H and O–H groups in total. The van der Waals surface area contributed by atoms with Crippen LogP contribution in [0.15, 0.2) is 28.3 Å². The van der Waals surface area contributed by atoms with Gasteiger partial charge in [-0.25, -0.2) is 0 Å². The van der Waals surface area contributed by atoms with E-state index in [1.54, 1.807) is 0 Å². The van der Waals surface area contributed by atoms with Gasteiger partial charge in [0.2, 0.25) is 0 Å². The second-order valence-electron chi connectivity index (χ2n) is 3.77. The van der Waals surface area contributed by atoms with Gasteiger partial charge in [0.1, 0.15) is 0 Å². The Morgan fingerprint density at radius 2 is 2.46 bits per heavy atom. The monoisotopic (exact) mass is 175 g/mol. The standard InChI is InChI=1S/C10H9NO2/c12-10(13)9-6-3-5-1-2-11-4-7(5)8(6)9/h1-3,7-9H,4H2,(H,12,13). The van der Waals surface area contributed by atoms with E-state index in [1.165, 1.54) is 5.57 Å². The molecule has 3 rings (SSSR count). The van der Waals surface area contributed by atoms with Crippen molar-refractivity contribution in [1.29, 1.82) is 0 Å².